The van der Waals surface area contributed by atoms with Gasteiger partial charge in [0, 0.05) is 43.3 Å². The summed E-state index contributed by atoms with van der Waals surface area (Å²) in [5, 5.41) is 11.9. The second kappa shape index (κ2) is 6.90. The number of hydrogen-bond donors (Lipinski definition) is 0. The molecule has 0 unspecified atom stereocenters. The van der Waals surface area contributed by atoms with E-state index >= 15 is 0 Å². The van der Waals surface area contributed by atoms with Gasteiger partial charge in [0.05, 0.1) is 0 Å². The average Bonchev–Trinajstić information content (AvgIpc) is 2.92. The highest BCUT2D eigenvalue weighted by molar-refractivity contribution is 7.94. The van der Waals surface area contributed by atoms with E-state index in [0.717, 1.165) is 4.74 Å². The van der Waals surface area contributed by atoms with E-state index in [2.05, 4.69) is 4.18 Å². The molecule has 0 aliphatic heterocycles. The number of halogens is 3. The molecule has 0 amide bonds. The van der Waals surface area contributed by atoms with Crippen LogP contribution in [0.3, 0.4) is 0 Å². The minimum absolute atomic E-state index is 0.238. The van der Waals surface area contributed by atoms with Crippen molar-refractivity contribution >= 4 is 18.3 Å². The van der Waals surface area contributed by atoms with Gasteiger partial charge in [-0.3, -0.25) is 0 Å². The number of rotatable bonds is 4. The van der Waals surface area contributed by atoms with Gasteiger partial charge in [-0.05, 0) is 24.3 Å². The first-order valence-electron chi connectivity index (χ1n) is 6.99. The lowest BCUT2D eigenvalue weighted by atomic mass is 10.1. The van der Waals surface area contributed by atoms with E-state index in [9.17, 15) is 18.4 Å². The van der Waals surface area contributed by atoms with Gasteiger partial charge in [0.2, 0.25) is 6.21 Å². The molecule has 8 heteroatoms. The van der Waals surface area contributed by atoms with E-state index in [1.165, 1.54) is 18.3 Å². The first-order valence-corrected chi connectivity index (χ1v) is 7.73. The van der Waals surface area contributed by atoms with Crippen LogP contribution >= 0.6 is 12.0 Å². The minimum Gasteiger partial charge on any atom is -0.623 e. The summed E-state index contributed by atoms with van der Waals surface area (Å²) < 4.78 is 46.0. The molecule has 130 valence electrons. The third kappa shape index (κ3) is 5.31. The van der Waals surface area contributed by atoms with Gasteiger partial charge in [0.15, 0.2) is 11.3 Å². The van der Waals surface area contributed by atoms with Gasteiger partial charge < -0.3 is 9.62 Å². The maximum atomic E-state index is 12.0. The van der Waals surface area contributed by atoms with E-state index in [1.54, 1.807) is 45.0 Å². The Balaban J connectivity index is 2.10. The molecule has 0 N–H and O–H groups in total. The summed E-state index contributed by atoms with van der Waals surface area (Å²) in [6, 6.07) is 9.56. The zero-order valence-electron chi connectivity index (χ0n) is 13.3. The number of nitrogens with zero attached hydrogens (tertiary/aromatic N) is 1. The molecule has 0 spiro atoms. The van der Waals surface area contributed by atoms with Crippen LogP contribution in [0, 0.1) is 5.21 Å². The van der Waals surface area contributed by atoms with Gasteiger partial charge in [0.25, 0.3) is 0 Å². The molecule has 0 saturated carbocycles. The summed E-state index contributed by atoms with van der Waals surface area (Å²) >= 11 is 0.238. The summed E-state index contributed by atoms with van der Waals surface area (Å²) in [6.45, 7) is 5.33. The number of furan rings is 1. The SMILES string of the molecule is CC(C)(C)[N+]([O-])=Cc1ccc(-c2ccc(SOC(F)(F)F)cc2)o1. The topological polar surface area (TPSA) is 48.4 Å². The van der Waals surface area contributed by atoms with Crippen LogP contribution < -0.4 is 0 Å². The highest BCUT2D eigenvalue weighted by Gasteiger charge is 2.30. The fraction of sp³-hybridized carbons (Fsp3) is 0.312. The monoisotopic (exact) mass is 359 g/mol. The molecule has 0 fully saturated rings. The molecular formula is C16H16F3NO3S. The molecule has 0 saturated heterocycles. The molecule has 0 bridgehead atoms. The van der Waals surface area contributed by atoms with E-state index in [4.69, 9.17) is 4.42 Å². The molecule has 0 aliphatic rings. The quantitative estimate of drug-likeness (QED) is 0.247. The van der Waals surface area contributed by atoms with E-state index in [-0.39, 0.29) is 12.0 Å². The van der Waals surface area contributed by atoms with Crippen LogP contribution in [0.25, 0.3) is 11.3 Å². The van der Waals surface area contributed by atoms with Gasteiger partial charge in [0.1, 0.15) is 5.76 Å². The van der Waals surface area contributed by atoms with Crippen LogP contribution in [0.5, 0.6) is 0 Å². The summed E-state index contributed by atoms with van der Waals surface area (Å²) in [6.07, 6.45) is -3.34. The van der Waals surface area contributed by atoms with Crippen LogP contribution in [0.4, 0.5) is 13.2 Å². The lowest BCUT2D eigenvalue weighted by Crippen LogP contribution is -2.29. The number of hydrogen-bond acceptors (Lipinski definition) is 4. The zero-order valence-corrected chi connectivity index (χ0v) is 14.1. The maximum Gasteiger partial charge on any atom is 0.533 e. The van der Waals surface area contributed by atoms with Crippen LogP contribution in [0.2, 0.25) is 0 Å². The number of hydroxylamine groups is 1. The molecule has 2 rings (SSSR count). The van der Waals surface area contributed by atoms with Gasteiger partial charge in [-0.1, -0.05) is 12.1 Å². The summed E-state index contributed by atoms with van der Waals surface area (Å²) in [4.78, 5) is 0.313. The summed E-state index contributed by atoms with van der Waals surface area (Å²) in [7, 11) is 0. The Kier molecular flexibility index (Phi) is 5.29. The highest BCUT2D eigenvalue weighted by atomic mass is 32.2. The second-order valence-corrected chi connectivity index (χ2v) is 6.77. The van der Waals surface area contributed by atoms with Crippen LogP contribution in [0.15, 0.2) is 45.7 Å². The molecule has 0 aliphatic carbocycles. The third-order valence-electron chi connectivity index (χ3n) is 2.90. The fourth-order valence-electron chi connectivity index (χ4n) is 1.66. The number of alkyl halides is 3. The molecule has 4 nitrogen and oxygen atoms in total. The normalized spacial score (nSPS) is 13.3. The Labute approximate surface area is 141 Å². The van der Waals surface area contributed by atoms with Crippen molar-refractivity contribution < 1.29 is 26.5 Å². The molecule has 0 atom stereocenters. The van der Waals surface area contributed by atoms with Crippen LogP contribution in [-0.4, -0.2) is 22.9 Å². The van der Waals surface area contributed by atoms with Gasteiger partial charge in [-0.15, -0.1) is 13.2 Å². The molecule has 24 heavy (non-hydrogen) atoms. The van der Waals surface area contributed by atoms with Gasteiger partial charge in [-0.2, -0.15) is 0 Å². The predicted octanol–water partition coefficient (Wildman–Crippen LogP) is 5.22. The van der Waals surface area contributed by atoms with E-state index < -0.39 is 11.9 Å². The van der Waals surface area contributed by atoms with Crippen molar-refractivity contribution in [3.63, 3.8) is 0 Å². The first-order chi connectivity index (χ1) is 11.0. The predicted molar refractivity (Wildman–Crippen MR) is 85.7 cm³/mol. The standard InChI is InChI=1S/C16H16F3NO3S/c1-15(2,3)20(21)10-12-6-9-14(22-12)11-4-7-13(8-5-11)24-23-16(17,18)19/h4-10H,1-3H3. The molecule has 1 aromatic carbocycles. The smallest absolute Gasteiger partial charge is 0.533 e. The Morgan fingerprint density at radius 2 is 1.71 bits per heavy atom. The lowest BCUT2D eigenvalue weighted by molar-refractivity contribution is -0.530. The molecular weight excluding hydrogens is 343 g/mol. The minimum atomic E-state index is -4.69. The van der Waals surface area contributed by atoms with Crippen molar-refractivity contribution in [3.05, 3.63) is 47.4 Å². The Bertz CT molecular complexity index is 715. The molecule has 0 radical (unpaired) electrons. The Morgan fingerprint density at radius 3 is 2.25 bits per heavy atom. The number of benzene rings is 1. The van der Waals surface area contributed by atoms with E-state index in [0.29, 0.717) is 22.0 Å². The van der Waals surface area contributed by atoms with Crippen LogP contribution in [-0.2, 0) is 4.18 Å². The molecule has 2 aromatic rings. The van der Waals surface area contributed by atoms with Crippen LogP contribution in [0.1, 0.15) is 26.5 Å². The fourth-order valence-corrected chi connectivity index (χ4v) is 2.09. The Hall–Kier alpha value is -1.93. The van der Waals surface area contributed by atoms with Gasteiger partial charge >= 0.3 is 6.36 Å². The van der Waals surface area contributed by atoms with Crippen molar-refractivity contribution in [3.8, 4) is 11.3 Å². The largest absolute Gasteiger partial charge is 0.623 e. The van der Waals surface area contributed by atoms with Crippen molar-refractivity contribution in [1.29, 1.82) is 0 Å². The van der Waals surface area contributed by atoms with Crippen molar-refractivity contribution in [2.75, 3.05) is 0 Å². The first kappa shape index (κ1) is 18.4. The van der Waals surface area contributed by atoms with Gasteiger partial charge in [-0.25, -0.2) is 8.92 Å². The summed E-state index contributed by atoms with van der Waals surface area (Å²) in [5.74, 6) is 0.908. The average molecular weight is 359 g/mol. The highest BCUT2D eigenvalue weighted by Crippen LogP contribution is 2.31. The Morgan fingerprint density at radius 1 is 1.08 bits per heavy atom. The molecule has 1 heterocycles. The third-order valence-corrected chi connectivity index (χ3v) is 3.64. The lowest BCUT2D eigenvalue weighted by Gasteiger charge is -2.17. The van der Waals surface area contributed by atoms with Crippen molar-refractivity contribution in [2.24, 2.45) is 0 Å². The second-order valence-electron chi connectivity index (χ2n) is 5.96. The summed E-state index contributed by atoms with van der Waals surface area (Å²) in [5.41, 5.74) is 0.101. The van der Waals surface area contributed by atoms with Crippen molar-refractivity contribution in [1.82, 2.24) is 0 Å². The maximum absolute atomic E-state index is 12.0. The molecule has 1 aromatic heterocycles. The van der Waals surface area contributed by atoms with Crippen molar-refractivity contribution in [2.45, 2.75) is 37.6 Å². The van der Waals surface area contributed by atoms with E-state index in [1.807, 2.05) is 0 Å². The zero-order chi connectivity index (χ0) is 18.0.